The van der Waals surface area contributed by atoms with Gasteiger partial charge in [-0.1, -0.05) is 34.0 Å². The Morgan fingerprint density at radius 2 is 2.16 bits per heavy atom. The molecule has 1 aliphatic carbocycles. The second kappa shape index (κ2) is 6.71. The Hall–Kier alpha value is -0.610. The quantitative estimate of drug-likeness (QED) is 0.818. The number of carbonyl (C=O) groups excluding carboxylic acids is 1. The van der Waals surface area contributed by atoms with E-state index >= 15 is 0 Å². The van der Waals surface area contributed by atoms with Crippen LogP contribution in [0.3, 0.4) is 0 Å². The molecule has 0 radical (unpaired) electrons. The molecule has 1 aromatic carbocycles. The van der Waals surface area contributed by atoms with Gasteiger partial charge in [-0.25, -0.2) is 4.39 Å². The summed E-state index contributed by atoms with van der Waals surface area (Å²) >= 11 is 9.18. The predicted octanol–water partition coefficient (Wildman–Crippen LogP) is 4.02. The third-order valence-electron chi connectivity index (χ3n) is 3.72. The molecule has 2 nitrogen and oxygen atoms in total. The van der Waals surface area contributed by atoms with Crippen molar-refractivity contribution >= 4 is 33.4 Å². The molecule has 0 spiro atoms. The van der Waals surface area contributed by atoms with Crippen molar-refractivity contribution in [1.82, 2.24) is 5.32 Å². The van der Waals surface area contributed by atoms with E-state index in [1.54, 1.807) is 0 Å². The summed E-state index contributed by atoms with van der Waals surface area (Å²) in [4.78, 5) is 12.0. The third-order valence-corrected chi connectivity index (χ3v) is 4.84. The Labute approximate surface area is 125 Å². The number of carbonyl (C=O) groups is 1. The molecular weight excluding hydrogens is 333 g/mol. The Morgan fingerprint density at radius 3 is 2.84 bits per heavy atom. The molecule has 19 heavy (non-hydrogen) atoms. The maximum absolute atomic E-state index is 13.0. The molecule has 1 N–H and O–H groups in total. The van der Waals surface area contributed by atoms with Gasteiger partial charge in [-0.15, -0.1) is 0 Å². The lowest BCUT2D eigenvalue weighted by molar-refractivity contribution is 0.0944. The van der Waals surface area contributed by atoms with Crippen LogP contribution in [0.15, 0.2) is 18.2 Å². The van der Waals surface area contributed by atoms with Gasteiger partial charge in [0, 0.05) is 17.4 Å². The van der Waals surface area contributed by atoms with Gasteiger partial charge < -0.3 is 5.32 Å². The molecule has 1 aliphatic rings. The molecule has 0 bridgehead atoms. The summed E-state index contributed by atoms with van der Waals surface area (Å²) in [7, 11) is 0. The van der Waals surface area contributed by atoms with Crippen molar-refractivity contribution in [3.8, 4) is 0 Å². The number of nitrogens with one attached hydrogen (secondary N) is 1. The zero-order chi connectivity index (χ0) is 13.8. The highest BCUT2D eigenvalue weighted by Crippen LogP contribution is 2.32. The lowest BCUT2D eigenvalue weighted by Crippen LogP contribution is -2.31. The van der Waals surface area contributed by atoms with E-state index < -0.39 is 5.82 Å². The number of halogens is 3. The van der Waals surface area contributed by atoms with E-state index in [1.807, 2.05) is 0 Å². The zero-order valence-corrected chi connectivity index (χ0v) is 12.8. The second-order valence-corrected chi connectivity index (χ2v) is 6.00. The summed E-state index contributed by atoms with van der Waals surface area (Å²) < 4.78 is 13.0. The summed E-state index contributed by atoms with van der Waals surface area (Å²) in [5, 5.41) is 3.87. The molecule has 1 saturated carbocycles. The Kier molecular flexibility index (Phi) is 5.22. The van der Waals surface area contributed by atoms with E-state index in [9.17, 15) is 9.18 Å². The van der Waals surface area contributed by atoms with Crippen molar-refractivity contribution in [1.29, 1.82) is 0 Å². The van der Waals surface area contributed by atoms with Gasteiger partial charge in [0.15, 0.2) is 0 Å². The van der Waals surface area contributed by atoms with Crippen LogP contribution in [0.1, 0.15) is 29.6 Å². The number of hydrogen-bond donors (Lipinski definition) is 1. The topological polar surface area (TPSA) is 29.1 Å². The predicted molar refractivity (Wildman–Crippen MR) is 78.4 cm³/mol. The molecule has 1 amide bonds. The van der Waals surface area contributed by atoms with Crippen LogP contribution in [0.2, 0.25) is 5.02 Å². The largest absolute Gasteiger partial charge is 0.352 e. The van der Waals surface area contributed by atoms with E-state index in [0.717, 1.165) is 11.8 Å². The zero-order valence-electron chi connectivity index (χ0n) is 10.5. The summed E-state index contributed by atoms with van der Waals surface area (Å²) in [6, 6.07) is 4.03. The lowest BCUT2D eigenvalue weighted by atomic mass is 9.98. The number of rotatable bonds is 4. The van der Waals surface area contributed by atoms with Crippen molar-refractivity contribution in [2.24, 2.45) is 11.8 Å². The molecule has 0 aliphatic heterocycles. The number of benzene rings is 1. The van der Waals surface area contributed by atoms with Crippen LogP contribution in [0, 0.1) is 17.7 Å². The van der Waals surface area contributed by atoms with Crippen LogP contribution in [0.25, 0.3) is 0 Å². The summed E-state index contributed by atoms with van der Waals surface area (Å²) in [6.45, 7) is 0.671. The van der Waals surface area contributed by atoms with Gasteiger partial charge in [0.1, 0.15) is 5.82 Å². The van der Waals surface area contributed by atoms with E-state index in [0.29, 0.717) is 23.9 Å². The molecular formula is C14H16BrClFNO. The first kappa shape index (κ1) is 14.8. The van der Waals surface area contributed by atoms with Gasteiger partial charge in [-0.05, 0) is 42.9 Å². The van der Waals surface area contributed by atoms with E-state index in [4.69, 9.17) is 11.6 Å². The normalized spacial score (nSPS) is 22.5. The monoisotopic (exact) mass is 347 g/mol. The molecule has 104 valence electrons. The van der Waals surface area contributed by atoms with Crippen molar-refractivity contribution < 1.29 is 9.18 Å². The minimum atomic E-state index is -0.506. The average molecular weight is 349 g/mol. The number of amides is 1. The first-order valence-electron chi connectivity index (χ1n) is 6.41. The number of hydrogen-bond acceptors (Lipinski definition) is 1. The molecule has 1 fully saturated rings. The Morgan fingerprint density at radius 1 is 1.42 bits per heavy atom. The smallest absolute Gasteiger partial charge is 0.251 e. The summed E-state index contributed by atoms with van der Waals surface area (Å²) in [5.41, 5.74) is 0.403. The van der Waals surface area contributed by atoms with Gasteiger partial charge >= 0.3 is 0 Å². The average Bonchev–Trinajstić information content (AvgIpc) is 2.86. The molecule has 1 aromatic rings. The maximum Gasteiger partial charge on any atom is 0.251 e. The van der Waals surface area contributed by atoms with Crippen LogP contribution < -0.4 is 5.32 Å². The minimum Gasteiger partial charge on any atom is -0.352 e. The van der Waals surface area contributed by atoms with Crippen molar-refractivity contribution in [2.75, 3.05) is 11.9 Å². The van der Waals surface area contributed by atoms with Crippen LogP contribution in [-0.2, 0) is 0 Å². The fraction of sp³-hybridized carbons (Fsp3) is 0.500. The highest BCUT2D eigenvalue weighted by molar-refractivity contribution is 9.09. The molecule has 0 heterocycles. The SMILES string of the molecule is O=C(NCC1CCCC1CBr)c1ccc(F)c(Cl)c1. The highest BCUT2D eigenvalue weighted by Gasteiger charge is 2.26. The van der Waals surface area contributed by atoms with Crippen LogP contribution in [-0.4, -0.2) is 17.8 Å². The minimum absolute atomic E-state index is 0.0214. The van der Waals surface area contributed by atoms with Crippen molar-refractivity contribution in [3.63, 3.8) is 0 Å². The molecule has 0 aromatic heterocycles. The molecule has 5 heteroatoms. The van der Waals surface area contributed by atoms with E-state index in [2.05, 4.69) is 21.2 Å². The van der Waals surface area contributed by atoms with Gasteiger partial charge in [0.2, 0.25) is 0 Å². The first-order chi connectivity index (χ1) is 9.11. The Bertz CT molecular complexity index is 469. The second-order valence-electron chi connectivity index (χ2n) is 4.94. The van der Waals surface area contributed by atoms with Crippen LogP contribution in [0.5, 0.6) is 0 Å². The molecule has 2 unspecified atom stereocenters. The fourth-order valence-corrected chi connectivity index (χ4v) is 3.58. The summed E-state index contributed by atoms with van der Waals surface area (Å²) in [5.74, 6) is 0.465. The van der Waals surface area contributed by atoms with Gasteiger partial charge in [0.05, 0.1) is 5.02 Å². The van der Waals surface area contributed by atoms with E-state index in [1.165, 1.54) is 31.0 Å². The van der Waals surface area contributed by atoms with Gasteiger partial charge in [0.25, 0.3) is 5.91 Å². The van der Waals surface area contributed by atoms with E-state index in [-0.39, 0.29) is 10.9 Å². The third kappa shape index (κ3) is 3.69. The fourth-order valence-electron chi connectivity index (χ4n) is 2.55. The van der Waals surface area contributed by atoms with Gasteiger partial charge in [-0.3, -0.25) is 4.79 Å². The summed E-state index contributed by atoms with van der Waals surface area (Å²) in [6.07, 6.45) is 3.59. The van der Waals surface area contributed by atoms with Crippen molar-refractivity contribution in [2.45, 2.75) is 19.3 Å². The molecule has 2 atom stereocenters. The molecule has 0 saturated heterocycles. The lowest BCUT2D eigenvalue weighted by Gasteiger charge is -2.17. The van der Waals surface area contributed by atoms with Gasteiger partial charge in [-0.2, -0.15) is 0 Å². The van der Waals surface area contributed by atoms with Crippen molar-refractivity contribution in [3.05, 3.63) is 34.6 Å². The number of alkyl halides is 1. The maximum atomic E-state index is 13.0. The van der Waals surface area contributed by atoms with Crippen LogP contribution in [0.4, 0.5) is 4.39 Å². The highest BCUT2D eigenvalue weighted by atomic mass is 79.9. The first-order valence-corrected chi connectivity index (χ1v) is 7.91. The van der Waals surface area contributed by atoms with Crippen LogP contribution >= 0.6 is 27.5 Å². The standard InChI is InChI=1S/C14H16BrClFNO/c15-7-10-2-1-3-11(10)8-18-14(19)9-4-5-13(17)12(16)6-9/h4-6,10-11H,1-3,7-8H2,(H,18,19). The Balaban J connectivity index is 1.92. The molecule has 2 rings (SSSR count).